The van der Waals surface area contributed by atoms with Crippen LogP contribution < -0.4 is 5.32 Å². The van der Waals surface area contributed by atoms with Crippen molar-refractivity contribution in [2.45, 2.75) is 26.1 Å². The molecule has 10 heteroatoms. The van der Waals surface area contributed by atoms with Gasteiger partial charge < -0.3 is 5.32 Å². The van der Waals surface area contributed by atoms with Gasteiger partial charge in [-0.3, -0.25) is 4.79 Å². The van der Waals surface area contributed by atoms with Crippen molar-refractivity contribution >= 4 is 28.8 Å². The summed E-state index contributed by atoms with van der Waals surface area (Å²) in [5, 5.41) is 10.5. The first-order chi connectivity index (χ1) is 10.2. The summed E-state index contributed by atoms with van der Waals surface area (Å²) in [6, 6.07) is 1.38. The van der Waals surface area contributed by atoms with Gasteiger partial charge in [0, 0.05) is 5.56 Å². The Morgan fingerprint density at radius 1 is 1.36 bits per heavy atom. The zero-order valence-corrected chi connectivity index (χ0v) is 13.0. The van der Waals surface area contributed by atoms with Crippen molar-refractivity contribution in [2.75, 3.05) is 0 Å². The van der Waals surface area contributed by atoms with E-state index in [2.05, 4.69) is 20.5 Å². The van der Waals surface area contributed by atoms with Crippen molar-refractivity contribution in [1.82, 2.24) is 20.5 Å². The molecule has 0 radical (unpaired) electrons. The Labute approximate surface area is 132 Å². The Morgan fingerprint density at radius 2 is 2.05 bits per heavy atom. The highest BCUT2D eigenvalue weighted by Gasteiger charge is 2.33. The number of carbonyl (C=O) groups is 1. The number of pyridine rings is 1. The first kappa shape index (κ1) is 16.6. The predicted octanol–water partition coefficient (Wildman–Crippen LogP) is 3.40. The maximum atomic E-state index is 12.5. The van der Waals surface area contributed by atoms with E-state index in [1.54, 1.807) is 13.8 Å². The number of hydrogen-bond acceptors (Lipinski definition) is 5. The molecule has 2 aromatic heterocycles. The van der Waals surface area contributed by atoms with E-state index in [1.807, 2.05) is 0 Å². The summed E-state index contributed by atoms with van der Waals surface area (Å²) in [5.74, 6) is -0.478. The topological polar surface area (TPSA) is 67.8 Å². The van der Waals surface area contributed by atoms with Gasteiger partial charge in [0.2, 0.25) is 5.01 Å². The minimum Gasteiger partial charge on any atom is -0.343 e. The molecule has 1 unspecified atom stereocenters. The van der Waals surface area contributed by atoms with E-state index in [1.165, 1.54) is 6.07 Å². The Morgan fingerprint density at radius 3 is 2.55 bits per heavy atom. The summed E-state index contributed by atoms with van der Waals surface area (Å²) in [6.45, 7) is 3.29. The average Bonchev–Trinajstić information content (AvgIpc) is 2.84. The van der Waals surface area contributed by atoms with Crippen molar-refractivity contribution in [3.63, 3.8) is 0 Å². The van der Waals surface area contributed by atoms with E-state index in [0.29, 0.717) is 5.01 Å². The maximum Gasteiger partial charge on any atom is 0.433 e. The number of carbonyl (C=O) groups excluding carboxylic acids is 1. The standard InChI is InChI=1S/C12H10ClF3N4OS/c1-5(17-10(21)11-20-19-6(2)22-11)7-3-4-8(12(14,15)16)18-9(7)13/h3-5H,1-2H3,(H,17,21). The number of alkyl halides is 3. The summed E-state index contributed by atoms with van der Waals surface area (Å²) in [4.78, 5) is 15.2. The Hall–Kier alpha value is -1.74. The van der Waals surface area contributed by atoms with Gasteiger partial charge in [-0.25, -0.2) is 4.98 Å². The average molecular weight is 351 g/mol. The van der Waals surface area contributed by atoms with Crippen LogP contribution >= 0.6 is 22.9 Å². The van der Waals surface area contributed by atoms with Crippen molar-refractivity contribution in [2.24, 2.45) is 0 Å². The van der Waals surface area contributed by atoms with Crippen molar-refractivity contribution in [1.29, 1.82) is 0 Å². The molecule has 0 bridgehead atoms. The molecule has 0 aliphatic rings. The van der Waals surface area contributed by atoms with E-state index >= 15 is 0 Å². The lowest BCUT2D eigenvalue weighted by atomic mass is 10.1. The molecule has 2 heterocycles. The molecule has 22 heavy (non-hydrogen) atoms. The van der Waals surface area contributed by atoms with E-state index in [9.17, 15) is 18.0 Å². The fourth-order valence-electron chi connectivity index (χ4n) is 1.65. The monoisotopic (exact) mass is 350 g/mol. The van der Waals surface area contributed by atoms with Crippen LogP contribution in [-0.2, 0) is 6.18 Å². The van der Waals surface area contributed by atoms with Gasteiger partial charge in [0.15, 0.2) is 0 Å². The summed E-state index contributed by atoms with van der Waals surface area (Å²) in [7, 11) is 0. The molecule has 118 valence electrons. The fourth-order valence-corrected chi connectivity index (χ4v) is 2.56. The molecule has 2 aromatic rings. The van der Waals surface area contributed by atoms with E-state index in [-0.39, 0.29) is 15.7 Å². The lowest BCUT2D eigenvalue weighted by Gasteiger charge is -2.15. The van der Waals surface area contributed by atoms with Gasteiger partial charge in [0.1, 0.15) is 15.9 Å². The van der Waals surface area contributed by atoms with E-state index in [0.717, 1.165) is 17.4 Å². The number of nitrogens with zero attached hydrogens (tertiary/aromatic N) is 3. The molecule has 1 amide bonds. The highest BCUT2D eigenvalue weighted by atomic mass is 35.5. The molecule has 0 aliphatic heterocycles. The second kappa shape index (κ2) is 6.17. The molecule has 0 aliphatic carbocycles. The first-order valence-corrected chi connectivity index (χ1v) is 7.22. The van der Waals surface area contributed by atoms with Crippen LogP contribution in [0.2, 0.25) is 5.15 Å². The number of halogens is 4. The number of hydrogen-bond donors (Lipinski definition) is 1. The number of rotatable bonds is 3. The number of aromatic nitrogens is 3. The number of amides is 1. The predicted molar refractivity (Wildman–Crippen MR) is 74.8 cm³/mol. The highest BCUT2D eigenvalue weighted by molar-refractivity contribution is 7.13. The SMILES string of the molecule is Cc1nnc(C(=O)NC(C)c2ccc(C(F)(F)F)nc2Cl)s1. The van der Waals surface area contributed by atoms with Crippen molar-refractivity contribution in [3.8, 4) is 0 Å². The largest absolute Gasteiger partial charge is 0.433 e. The van der Waals surface area contributed by atoms with Crippen LogP contribution in [0.1, 0.15) is 39.0 Å². The summed E-state index contributed by atoms with van der Waals surface area (Å²) in [6.07, 6.45) is -4.57. The van der Waals surface area contributed by atoms with Crippen LogP contribution in [0.5, 0.6) is 0 Å². The van der Waals surface area contributed by atoms with Gasteiger partial charge in [-0.2, -0.15) is 13.2 Å². The Balaban J connectivity index is 2.16. The quantitative estimate of drug-likeness (QED) is 0.861. The van der Waals surface area contributed by atoms with Crippen LogP contribution in [0.25, 0.3) is 0 Å². The highest BCUT2D eigenvalue weighted by Crippen LogP contribution is 2.31. The van der Waals surface area contributed by atoms with Crippen LogP contribution in [0.3, 0.4) is 0 Å². The molecule has 0 saturated heterocycles. The van der Waals surface area contributed by atoms with Gasteiger partial charge in [0.25, 0.3) is 5.91 Å². The third-order valence-electron chi connectivity index (χ3n) is 2.70. The zero-order valence-electron chi connectivity index (χ0n) is 11.4. The molecule has 5 nitrogen and oxygen atoms in total. The van der Waals surface area contributed by atoms with E-state index in [4.69, 9.17) is 11.6 Å². The number of nitrogens with one attached hydrogen (secondary N) is 1. The molecule has 2 rings (SSSR count). The van der Waals surface area contributed by atoms with Crippen molar-refractivity contribution < 1.29 is 18.0 Å². The Kier molecular flexibility index (Phi) is 4.66. The molecular weight excluding hydrogens is 341 g/mol. The van der Waals surface area contributed by atoms with Crippen molar-refractivity contribution in [3.05, 3.63) is 38.6 Å². The summed E-state index contributed by atoms with van der Waals surface area (Å²) < 4.78 is 37.6. The molecule has 1 N–H and O–H groups in total. The molecule has 0 fully saturated rings. The summed E-state index contributed by atoms with van der Waals surface area (Å²) >= 11 is 6.89. The van der Waals surface area contributed by atoms with E-state index < -0.39 is 23.8 Å². The van der Waals surface area contributed by atoms with Gasteiger partial charge >= 0.3 is 6.18 Å². The lowest BCUT2D eigenvalue weighted by Crippen LogP contribution is -2.27. The van der Waals surface area contributed by atoms with Crippen LogP contribution in [-0.4, -0.2) is 21.1 Å². The second-order valence-electron chi connectivity index (χ2n) is 4.40. The minimum atomic E-state index is -4.57. The molecule has 0 spiro atoms. The van der Waals surface area contributed by atoms with Gasteiger partial charge in [-0.15, -0.1) is 10.2 Å². The van der Waals surface area contributed by atoms with Gasteiger partial charge in [-0.05, 0) is 19.9 Å². The number of aryl methyl sites for hydroxylation is 1. The zero-order chi connectivity index (χ0) is 16.5. The van der Waals surface area contributed by atoms with Gasteiger partial charge in [-0.1, -0.05) is 29.0 Å². The maximum absolute atomic E-state index is 12.5. The van der Waals surface area contributed by atoms with Crippen LogP contribution in [0.4, 0.5) is 13.2 Å². The van der Waals surface area contributed by atoms with Crippen LogP contribution in [0, 0.1) is 6.92 Å². The molecule has 0 saturated carbocycles. The minimum absolute atomic E-state index is 0.167. The molecular formula is C12H10ClF3N4OS. The normalized spacial score (nSPS) is 13.0. The third kappa shape index (κ3) is 3.72. The summed E-state index contributed by atoms with van der Waals surface area (Å²) in [5.41, 5.74) is -0.802. The second-order valence-corrected chi connectivity index (χ2v) is 5.94. The first-order valence-electron chi connectivity index (χ1n) is 6.03. The fraction of sp³-hybridized carbons (Fsp3) is 0.333. The molecule has 1 atom stereocenters. The lowest BCUT2D eigenvalue weighted by molar-refractivity contribution is -0.141. The smallest absolute Gasteiger partial charge is 0.343 e. The van der Waals surface area contributed by atoms with Gasteiger partial charge in [0.05, 0.1) is 6.04 Å². The molecule has 0 aromatic carbocycles. The Bertz CT molecular complexity index is 704. The van der Waals surface area contributed by atoms with Crippen LogP contribution in [0.15, 0.2) is 12.1 Å². The third-order valence-corrected chi connectivity index (χ3v) is 3.84.